The average molecular weight is 260 g/mol. The van der Waals surface area contributed by atoms with E-state index in [4.69, 9.17) is 0 Å². The van der Waals surface area contributed by atoms with E-state index < -0.39 is 0 Å². The van der Waals surface area contributed by atoms with Gasteiger partial charge in [0, 0.05) is 36.8 Å². The van der Waals surface area contributed by atoms with Crippen LogP contribution in [0.1, 0.15) is 32.3 Å². The number of nitrogens with zero attached hydrogens (tertiary/aromatic N) is 2. The van der Waals surface area contributed by atoms with E-state index in [0.29, 0.717) is 5.78 Å². The minimum atomic E-state index is -0.101. The highest BCUT2D eigenvalue weighted by Crippen LogP contribution is 2.37. The zero-order valence-corrected chi connectivity index (χ0v) is 12.2. The predicted octanol–water partition coefficient (Wildman–Crippen LogP) is 2.56. The molecule has 1 aromatic heterocycles. The lowest BCUT2D eigenvalue weighted by atomic mass is 9.89. The Labute approximate surface area is 116 Å². The summed E-state index contributed by atoms with van der Waals surface area (Å²) in [6, 6.07) is 4.11. The van der Waals surface area contributed by atoms with Crippen molar-refractivity contribution in [1.29, 1.82) is 0 Å². The summed E-state index contributed by atoms with van der Waals surface area (Å²) in [5.41, 5.74) is 1.20. The monoisotopic (exact) mass is 260 g/mol. The van der Waals surface area contributed by atoms with Crippen LogP contribution in [0.2, 0.25) is 0 Å². The number of likely N-dealkylation sites (N-methyl/N-ethyl adjacent to an activating group) is 1. The van der Waals surface area contributed by atoms with Crippen molar-refractivity contribution in [1.82, 2.24) is 9.88 Å². The number of pyridine rings is 1. The lowest BCUT2D eigenvalue weighted by Gasteiger charge is -2.21. The highest BCUT2D eigenvalue weighted by Gasteiger charge is 2.40. The quantitative estimate of drug-likeness (QED) is 0.816. The molecule has 1 aliphatic rings. The van der Waals surface area contributed by atoms with Crippen LogP contribution in [0.4, 0.5) is 0 Å². The number of hydrogen-bond acceptors (Lipinski definition) is 3. The summed E-state index contributed by atoms with van der Waals surface area (Å²) in [4.78, 5) is 18.5. The number of carbonyl (C=O) groups excluding carboxylic acids is 1. The maximum Gasteiger partial charge on any atom is 0.142 e. The average Bonchev–Trinajstić information content (AvgIpc) is 2.65. The lowest BCUT2D eigenvalue weighted by Crippen LogP contribution is -2.32. The highest BCUT2D eigenvalue weighted by atomic mass is 16.1. The molecule has 3 nitrogen and oxygen atoms in total. The normalized spacial score (nSPS) is 22.1. The second kappa shape index (κ2) is 5.83. The molecule has 1 heterocycles. The number of rotatable bonds is 5. The molecule has 0 aliphatic heterocycles. The number of hydrogen-bond donors (Lipinski definition) is 0. The Kier molecular flexibility index (Phi) is 4.35. The van der Waals surface area contributed by atoms with Gasteiger partial charge in [-0.2, -0.15) is 0 Å². The fourth-order valence-electron chi connectivity index (χ4n) is 2.85. The van der Waals surface area contributed by atoms with Gasteiger partial charge in [0.25, 0.3) is 0 Å². The van der Waals surface area contributed by atoms with Crippen molar-refractivity contribution >= 4 is 5.78 Å². The molecule has 1 aromatic rings. The smallest absolute Gasteiger partial charge is 0.142 e. The van der Waals surface area contributed by atoms with Crippen molar-refractivity contribution in [3.8, 4) is 0 Å². The van der Waals surface area contributed by atoms with Gasteiger partial charge in [-0.15, -0.1) is 0 Å². The van der Waals surface area contributed by atoms with E-state index >= 15 is 0 Å². The minimum Gasteiger partial charge on any atom is -0.305 e. The van der Waals surface area contributed by atoms with E-state index in [-0.39, 0.29) is 11.3 Å². The van der Waals surface area contributed by atoms with Gasteiger partial charge in [0.1, 0.15) is 5.78 Å². The van der Waals surface area contributed by atoms with E-state index in [1.807, 2.05) is 12.4 Å². The molecule has 1 unspecified atom stereocenters. The standard InChI is InChI=1S/C16H24N2O/c1-16(2)8-4-14(15(16)19)12-18(3)11-7-13-5-9-17-10-6-13/h5-6,9-10,14H,4,7-8,11-12H2,1-3H3. The molecule has 1 aliphatic carbocycles. The molecule has 0 aromatic carbocycles. The van der Waals surface area contributed by atoms with Gasteiger partial charge in [-0.25, -0.2) is 0 Å². The van der Waals surface area contributed by atoms with E-state index in [2.05, 4.69) is 42.9 Å². The summed E-state index contributed by atoms with van der Waals surface area (Å²) in [5.74, 6) is 0.681. The zero-order valence-electron chi connectivity index (χ0n) is 12.2. The first-order valence-corrected chi connectivity index (χ1v) is 7.11. The van der Waals surface area contributed by atoms with Gasteiger partial charge >= 0.3 is 0 Å². The third kappa shape index (κ3) is 3.63. The van der Waals surface area contributed by atoms with Crippen LogP contribution in [-0.2, 0) is 11.2 Å². The molecule has 1 saturated carbocycles. The van der Waals surface area contributed by atoms with E-state index in [1.54, 1.807) is 0 Å². The Morgan fingerprint density at radius 3 is 2.63 bits per heavy atom. The molecule has 0 N–H and O–H groups in total. The summed E-state index contributed by atoms with van der Waals surface area (Å²) in [5, 5.41) is 0. The summed E-state index contributed by atoms with van der Waals surface area (Å²) >= 11 is 0. The Balaban J connectivity index is 1.79. The first kappa shape index (κ1) is 14.2. The van der Waals surface area contributed by atoms with Crippen molar-refractivity contribution in [2.45, 2.75) is 33.1 Å². The SMILES string of the molecule is CN(CCc1ccncc1)CC1CCC(C)(C)C1=O. The molecule has 0 amide bonds. The Morgan fingerprint density at radius 1 is 1.37 bits per heavy atom. The Morgan fingerprint density at radius 2 is 2.05 bits per heavy atom. The van der Waals surface area contributed by atoms with Gasteiger partial charge in [-0.05, 0) is 44.0 Å². The van der Waals surface area contributed by atoms with Gasteiger partial charge in [0.15, 0.2) is 0 Å². The maximum absolute atomic E-state index is 12.2. The van der Waals surface area contributed by atoms with Gasteiger partial charge in [-0.1, -0.05) is 13.8 Å². The van der Waals surface area contributed by atoms with Crippen LogP contribution >= 0.6 is 0 Å². The van der Waals surface area contributed by atoms with Crippen LogP contribution in [0.3, 0.4) is 0 Å². The van der Waals surface area contributed by atoms with Gasteiger partial charge in [-0.3, -0.25) is 9.78 Å². The molecule has 0 radical (unpaired) electrons. The first-order valence-electron chi connectivity index (χ1n) is 7.11. The fraction of sp³-hybridized carbons (Fsp3) is 0.625. The Hall–Kier alpha value is -1.22. The predicted molar refractivity (Wildman–Crippen MR) is 77.0 cm³/mol. The van der Waals surface area contributed by atoms with Crippen LogP contribution in [0, 0.1) is 11.3 Å². The molecule has 1 atom stereocenters. The van der Waals surface area contributed by atoms with Crippen molar-refractivity contribution in [3.05, 3.63) is 30.1 Å². The molecule has 19 heavy (non-hydrogen) atoms. The van der Waals surface area contributed by atoms with Crippen LogP contribution < -0.4 is 0 Å². The summed E-state index contributed by atoms with van der Waals surface area (Å²) in [6.07, 6.45) is 6.76. The first-order chi connectivity index (χ1) is 8.99. The van der Waals surface area contributed by atoms with Crippen molar-refractivity contribution in [2.24, 2.45) is 11.3 Å². The third-order valence-corrected chi connectivity index (χ3v) is 4.22. The zero-order chi connectivity index (χ0) is 13.9. The number of ketones is 1. The van der Waals surface area contributed by atoms with Gasteiger partial charge in [0.2, 0.25) is 0 Å². The molecule has 0 spiro atoms. The molecule has 0 bridgehead atoms. The molecule has 0 saturated heterocycles. The van der Waals surface area contributed by atoms with Gasteiger partial charge in [0.05, 0.1) is 0 Å². The third-order valence-electron chi connectivity index (χ3n) is 4.22. The van der Waals surface area contributed by atoms with Crippen molar-refractivity contribution in [3.63, 3.8) is 0 Å². The topological polar surface area (TPSA) is 33.2 Å². The summed E-state index contributed by atoms with van der Waals surface area (Å²) < 4.78 is 0. The van der Waals surface area contributed by atoms with Crippen molar-refractivity contribution < 1.29 is 4.79 Å². The molecular weight excluding hydrogens is 236 g/mol. The van der Waals surface area contributed by atoms with E-state index in [0.717, 1.165) is 32.4 Å². The Bertz CT molecular complexity index is 428. The molecule has 104 valence electrons. The lowest BCUT2D eigenvalue weighted by molar-refractivity contribution is -0.127. The summed E-state index contributed by atoms with van der Waals surface area (Å²) in [6.45, 7) is 6.04. The second-order valence-electron chi connectivity index (χ2n) is 6.35. The summed E-state index contributed by atoms with van der Waals surface area (Å²) in [7, 11) is 2.11. The van der Waals surface area contributed by atoms with E-state index in [9.17, 15) is 4.79 Å². The fourth-order valence-corrected chi connectivity index (χ4v) is 2.85. The van der Waals surface area contributed by atoms with Crippen LogP contribution in [0.15, 0.2) is 24.5 Å². The number of carbonyl (C=O) groups is 1. The molecular formula is C16H24N2O. The molecule has 3 heteroatoms. The van der Waals surface area contributed by atoms with Crippen LogP contribution in [0.25, 0.3) is 0 Å². The largest absolute Gasteiger partial charge is 0.305 e. The second-order valence-corrected chi connectivity index (χ2v) is 6.35. The van der Waals surface area contributed by atoms with Crippen LogP contribution in [0.5, 0.6) is 0 Å². The van der Waals surface area contributed by atoms with E-state index in [1.165, 1.54) is 5.56 Å². The highest BCUT2D eigenvalue weighted by molar-refractivity contribution is 5.88. The maximum atomic E-state index is 12.2. The van der Waals surface area contributed by atoms with Crippen LogP contribution in [-0.4, -0.2) is 35.8 Å². The number of Topliss-reactive ketones (excluding diaryl/α,β-unsaturated/α-hetero) is 1. The van der Waals surface area contributed by atoms with Gasteiger partial charge < -0.3 is 4.90 Å². The van der Waals surface area contributed by atoms with Crippen molar-refractivity contribution in [2.75, 3.05) is 20.1 Å². The molecule has 1 fully saturated rings. The number of aromatic nitrogens is 1. The molecule has 2 rings (SSSR count). The minimum absolute atomic E-state index is 0.101.